The lowest BCUT2D eigenvalue weighted by Gasteiger charge is -2.25. The van der Waals surface area contributed by atoms with Gasteiger partial charge in [0.05, 0.1) is 5.92 Å². The van der Waals surface area contributed by atoms with Crippen LogP contribution in [0.4, 0.5) is 0 Å². The van der Waals surface area contributed by atoms with Crippen molar-refractivity contribution in [3.05, 3.63) is 47.5 Å². The van der Waals surface area contributed by atoms with Gasteiger partial charge >= 0.3 is 0 Å². The maximum atomic E-state index is 12.7. The summed E-state index contributed by atoms with van der Waals surface area (Å²) in [6, 6.07) is 8.94. The summed E-state index contributed by atoms with van der Waals surface area (Å²) in [6.45, 7) is 2.81. The molecule has 1 aromatic carbocycles. The van der Waals surface area contributed by atoms with Crippen LogP contribution in [0.2, 0.25) is 0 Å². The number of hydrogen-bond acceptors (Lipinski definition) is 2. The minimum atomic E-state index is -0.0175. The van der Waals surface area contributed by atoms with Crippen LogP contribution in [0.5, 0.6) is 0 Å². The number of benzene rings is 1. The molecule has 2 N–H and O–H groups in total. The van der Waals surface area contributed by atoms with Gasteiger partial charge in [0.2, 0.25) is 5.91 Å². The highest BCUT2D eigenvalue weighted by molar-refractivity contribution is 5.81. The SMILES string of the molecule is Cc1ccc(CN(C(=O)C2C=CC(N)C2)C2CC2)cc1. The Morgan fingerprint density at radius 2 is 1.95 bits per heavy atom. The third-order valence-corrected chi connectivity index (χ3v) is 4.18. The van der Waals surface area contributed by atoms with E-state index < -0.39 is 0 Å². The van der Waals surface area contributed by atoms with Crippen molar-refractivity contribution >= 4 is 5.91 Å². The molecule has 2 aliphatic carbocycles. The fraction of sp³-hybridized carbons (Fsp3) is 0.471. The van der Waals surface area contributed by atoms with E-state index in [-0.39, 0.29) is 17.9 Å². The molecule has 0 spiro atoms. The zero-order valence-corrected chi connectivity index (χ0v) is 12.0. The fourth-order valence-corrected chi connectivity index (χ4v) is 2.79. The summed E-state index contributed by atoms with van der Waals surface area (Å²) in [6.07, 6.45) is 6.98. The Morgan fingerprint density at radius 1 is 1.25 bits per heavy atom. The molecule has 3 nitrogen and oxygen atoms in total. The van der Waals surface area contributed by atoms with Crippen LogP contribution in [-0.2, 0) is 11.3 Å². The fourth-order valence-electron chi connectivity index (χ4n) is 2.79. The highest BCUT2D eigenvalue weighted by atomic mass is 16.2. The third kappa shape index (κ3) is 2.93. The van der Waals surface area contributed by atoms with Crippen molar-refractivity contribution in [2.45, 2.75) is 44.8 Å². The Hall–Kier alpha value is -1.61. The monoisotopic (exact) mass is 270 g/mol. The Balaban J connectivity index is 1.71. The van der Waals surface area contributed by atoms with Gasteiger partial charge in [0.25, 0.3) is 0 Å². The van der Waals surface area contributed by atoms with E-state index in [2.05, 4.69) is 36.1 Å². The van der Waals surface area contributed by atoms with Gasteiger partial charge in [0.15, 0.2) is 0 Å². The molecule has 1 aromatic rings. The van der Waals surface area contributed by atoms with E-state index in [1.807, 2.05) is 12.2 Å². The molecule has 1 amide bonds. The number of carbonyl (C=O) groups is 1. The molecular weight excluding hydrogens is 248 g/mol. The van der Waals surface area contributed by atoms with E-state index in [1.165, 1.54) is 11.1 Å². The lowest BCUT2D eigenvalue weighted by atomic mass is 10.1. The first-order chi connectivity index (χ1) is 9.63. The van der Waals surface area contributed by atoms with Crippen LogP contribution in [0.3, 0.4) is 0 Å². The number of hydrogen-bond donors (Lipinski definition) is 1. The standard InChI is InChI=1S/C17H22N2O/c1-12-2-4-13(5-3-12)11-19(16-8-9-16)17(20)14-6-7-15(18)10-14/h2-7,14-16H,8-11,18H2,1H3. The van der Waals surface area contributed by atoms with E-state index >= 15 is 0 Å². The molecule has 20 heavy (non-hydrogen) atoms. The van der Waals surface area contributed by atoms with Crippen LogP contribution >= 0.6 is 0 Å². The maximum absolute atomic E-state index is 12.7. The molecule has 0 heterocycles. The zero-order chi connectivity index (χ0) is 14.1. The summed E-state index contributed by atoms with van der Waals surface area (Å²) in [7, 11) is 0. The largest absolute Gasteiger partial charge is 0.335 e. The van der Waals surface area contributed by atoms with Gasteiger partial charge in [-0.1, -0.05) is 42.0 Å². The van der Waals surface area contributed by atoms with Crippen LogP contribution in [0.1, 0.15) is 30.4 Å². The third-order valence-electron chi connectivity index (χ3n) is 4.18. The van der Waals surface area contributed by atoms with E-state index in [9.17, 15) is 4.79 Å². The molecule has 1 fully saturated rings. The highest BCUT2D eigenvalue weighted by Crippen LogP contribution is 2.31. The van der Waals surface area contributed by atoms with Gasteiger partial charge < -0.3 is 10.6 Å². The van der Waals surface area contributed by atoms with Gasteiger partial charge in [-0.05, 0) is 31.7 Å². The van der Waals surface area contributed by atoms with Crippen molar-refractivity contribution in [1.29, 1.82) is 0 Å². The number of amides is 1. The van der Waals surface area contributed by atoms with Crippen molar-refractivity contribution < 1.29 is 4.79 Å². The molecule has 0 aromatic heterocycles. The molecule has 0 radical (unpaired) electrons. The molecule has 0 aliphatic heterocycles. The Morgan fingerprint density at radius 3 is 2.50 bits per heavy atom. The number of nitrogens with two attached hydrogens (primary N) is 1. The molecular formula is C17H22N2O. The van der Waals surface area contributed by atoms with E-state index in [4.69, 9.17) is 5.73 Å². The number of carbonyl (C=O) groups excluding carboxylic acids is 1. The van der Waals surface area contributed by atoms with Crippen molar-refractivity contribution in [3.8, 4) is 0 Å². The zero-order valence-electron chi connectivity index (χ0n) is 12.0. The molecule has 2 unspecified atom stereocenters. The predicted molar refractivity (Wildman–Crippen MR) is 80.0 cm³/mol. The molecule has 3 heteroatoms. The van der Waals surface area contributed by atoms with Crippen LogP contribution in [-0.4, -0.2) is 22.9 Å². The smallest absolute Gasteiger partial charge is 0.230 e. The second kappa shape index (κ2) is 5.41. The van der Waals surface area contributed by atoms with E-state index in [0.29, 0.717) is 6.04 Å². The molecule has 0 bridgehead atoms. The maximum Gasteiger partial charge on any atom is 0.230 e. The normalized spacial score (nSPS) is 24.9. The van der Waals surface area contributed by atoms with Gasteiger partial charge in [-0.15, -0.1) is 0 Å². The average Bonchev–Trinajstić information content (AvgIpc) is 3.19. The Kier molecular flexibility index (Phi) is 3.62. The second-order valence-corrected chi connectivity index (χ2v) is 6.07. The van der Waals surface area contributed by atoms with Crippen LogP contribution in [0.25, 0.3) is 0 Å². The van der Waals surface area contributed by atoms with Crippen molar-refractivity contribution in [3.63, 3.8) is 0 Å². The Labute approximate surface area is 120 Å². The number of rotatable bonds is 4. The van der Waals surface area contributed by atoms with Gasteiger partial charge in [-0.3, -0.25) is 4.79 Å². The minimum Gasteiger partial charge on any atom is -0.335 e. The van der Waals surface area contributed by atoms with Gasteiger partial charge in [-0.2, -0.15) is 0 Å². The van der Waals surface area contributed by atoms with Gasteiger partial charge in [-0.25, -0.2) is 0 Å². The summed E-state index contributed by atoms with van der Waals surface area (Å²) >= 11 is 0. The Bertz CT molecular complexity index is 516. The molecule has 0 saturated heterocycles. The molecule has 3 rings (SSSR count). The van der Waals surface area contributed by atoms with Crippen molar-refractivity contribution in [1.82, 2.24) is 4.90 Å². The summed E-state index contributed by atoms with van der Waals surface area (Å²) in [5, 5.41) is 0. The quantitative estimate of drug-likeness (QED) is 0.854. The first-order valence-electron chi connectivity index (χ1n) is 7.43. The first kappa shape index (κ1) is 13.4. The first-order valence-corrected chi connectivity index (χ1v) is 7.43. The molecule has 2 atom stereocenters. The van der Waals surface area contributed by atoms with Gasteiger partial charge in [0.1, 0.15) is 0 Å². The van der Waals surface area contributed by atoms with Crippen LogP contribution in [0.15, 0.2) is 36.4 Å². The number of aryl methyl sites for hydroxylation is 1. The van der Waals surface area contributed by atoms with Gasteiger partial charge in [0, 0.05) is 18.6 Å². The van der Waals surface area contributed by atoms with Crippen molar-refractivity contribution in [2.75, 3.05) is 0 Å². The topological polar surface area (TPSA) is 46.3 Å². The van der Waals surface area contributed by atoms with E-state index in [1.54, 1.807) is 0 Å². The van der Waals surface area contributed by atoms with Crippen molar-refractivity contribution in [2.24, 2.45) is 11.7 Å². The number of nitrogens with zero attached hydrogens (tertiary/aromatic N) is 1. The van der Waals surface area contributed by atoms with E-state index in [0.717, 1.165) is 25.8 Å². The highest BCUT2D eigenvalue weighted by Gasteiger charge is 2.36. The summed E-state index contributed by atoms with van der Waals surface area (Å²) in [5.41, 5.74) is 8.33. The lowest BCUT2D eigenvalue weighted by Crippen LogP contribution is -2.37. The molecule has 106 valence electrons. The molecule has 2 aliphatic rings. The average molecular weight is 270 g/mol. The van der Waals surface area contributed by atoms with Crippen LogP contribution in [0, 0.1) is 12.8 Å². The lowest BCUT2D eigenvalue weighted by molar-refractivity contribution is -0.135. The second-order valence-electron chi connectivity index (χ2n) is 6.07. The minimum absolute atomic E-state index is 0.0175. The predicted octanol–water partition coefficient (Wildman–Crippen LogP) is 2.39. The summed E-state index contributed by atoms with van der Waals surface area (Å²) in [5.74, 6) is 0.230. The summed E-state index contributed by atoms with van der Waals surface area (Å²) < 4.78 is 0. The molecule has 1 saturated carbocycles. The van der Waals surface area contributed by atoms with Crippen LogP contribution < -0.4 is 5.73 Å². The summed E-state index contributed by atoms with van der Waals surface area (Å²) in [4.78, 5) is 14.7.